The van der Waals surface area contributed by atoms with Crippen LogP contribution in [0.25, 0.3) is 0 Å². The monoisotopic (exact) mass is 224 g/mol. The number of rotatable bonds is 6. The van der Waals surface area contributed by atoms with Crippen LogP contribution in [0.2, 0.25) is 0 Å². The van der Waals surface area contributed by atoms with Gasteiger partial charge in [-0.15, -0.1) is 0 Å². The molecular weight excluding hydrogens is 204 g/mol. The van der Waals surface area contributed by atoms with Gasteiger partial charge in [0, 0.05) is 11.8 Å². The maximum Gasteiger partial charge on any atom is 0.0386 e. The van der Waals surface area contributed by atoms with Crippen molar-refractivity contribution in [1.29, 1.82) is 0 Å². The predicted octanol–water partition coefficient (Wildman–Crippen LogP) is 2.01. The summed E-state index contributed by atoms with van der Waals surface area (Å²) in [6.07, 6.45) is 0. The van der Waals surface area contributed by atoms with E-state index in [1.807, 2.05) is 30.0 Å². The lowest BCUT2D eigenvalue weighted by molar-refractivity contribution is 0.674. The third-order valence-electron chi connectivity index (χ3n) is 2.33. The van der Waals surface area contributed by atoms with Crippen LogP contribution in [-0.4, -0.2) is 18.1 Å². The Kier molecular flexibility index (Phi) is 5.76. The minimum absolute atomic E-state index is 0.140. The average molecular weight is 224 g/mol. The van der Waals surface area contributed by atoms with Gasteiger partial charge in [-0.1, -0.05) is 37.3 Å². The first-order chi connectivity index (χ1) is 7.24. The van der Waals surface area contributed by atoms with Gasteiger partial charge in [0.15, 0.2) is 0 Å². The fourth-order valence-corrected chi connectivity index (χ4v) is 2.38. The zero-order chi connectivity index (χ0) is 11.1. The summed E-state index contributed by atoms with van der Waals surface area (Å²) in [5.41, 5.74) is 12.8. The summed E-state index contributed by atoms with van der Waals surface area (Å²) in [6.45, 7) is 2.93. The smallest absolute Gasteiger partial charge is 0.0386 e. The largest absolute Gasteiger partial charge is 0.330 e. The Morgan fingerprint density at radius 2 is 1.87 bits per heavy atom. The Labute approximate surface area is 96.4 Å². The minimum atomic E-state index is 0.140. The second kappa shape index (κ2) is 6.88. The van der Waals surface area contributed by atoms with Gasteiger partial charge in [0.1, 0.15) is 0 Å². The number of hydrogen-bond donors (Lipinski definition) is 2. The van der Waals surface area contributed by atoms with Gasteiger partial charge >= 0.3 is 0 Å². The highest BCUT2D eigenvalue weighted by molar-refractivity contribution is 7.99. The fraction of sp³-hybridized carbons (Fsp3) is 0.500. The van der Waals surface area contributed by atoms with Crippen LogP contribution in [-0.2, 0) is 0 Å². The third kappa shape index (κ3) is 4.69. The van der Waals surface area contributed by atoms with Crippen LogP contribution in [0.15, 0.2) is 30.3 Å². The van der Waals surface area contributed by atoms with Crippen LogP contribution in [0.4, 0.5) is 0 Å². The molecule has 0 aliphatic heterocycles. The van der Waals surface area contributed by atoms with Crippen molar-refractivity contribution in [3.8, 4) is 0 Å². The molecule has 0 aromatic heterocycles. The van der Waals surface area contributed by atoms with E-state index in [-0.39, 0.29) is 6.04 Å². The Morgan fingerprint density at radius 3 is 2.47 bits per heavy atom. The summed E-state index contributed by atoms with van der Waals surface area (Å²) in [6, 6.07) is 10.4. The molecular formula is C12H20N2S. The highest BCUT2D eigenvalue weighted by atomic mass is 32.2. The number of benzene rings is 1. The Bertz CT molecular complexity index is 264. The van der Waals surface area contributed by atoms with Crippen molar-refractivity contribution in [2.75, 3.05) is 18.1 Å². The molecule has 2 unspecified atom stereocenters. The van der Waals surface area contributed by atoms with Gasteiger partial charge in [-0.2, -0.15) is 11.8 Å². The van der Waals surface area contributed by atoms with Crippen molar-refractivity contribution in [3.05, 3.63) is 35.9 Å². The van der Waals surface area contributed by atoms with Gasteiger partial charge in [-0.05, 0) is 23.8 Å². The fourth-order valence-electron chi connectivity index (χ4n) is 1.26. The molecule has 0 heterocycles. The van der Waals surface area contributed by atoms with Crippen molar-refractivity contribution in [1.82, 2.24) is 0 Å². The topological polar surface area (TPSA) is 52.0 Å². The molecule has 1 rings (SSSR count). The molecule has 0 aliphatic rings. The zero-order valence-electron chi connectivity index (χ0n) is 9.23. The van der Waals surface area contributed by atoms with Crippen molar-refractivity contribution >= 4 is 11.8 Å². The van der Waals surface area contributed by atoms with Crippen molar-refractivity contribution < 1.29 is 0 Å². The third-order valence-corrected chi connectivity index (χ3v) is 3.73. The van der Waals surface area contributed by atoms with Gasteiger partial charge in [-0.3, -0.25) is 0 Å². The van der Waals surface area contributed by atoms with Gasteiger partial charge in [0.25, 0.3) is 0 Å². The highest BCUT2D eigenvalue weighted by Gasteiger charge is 2.06. The van der Waals surface area contributed by atoms with Crippen molar-refractivity contribution in [2.24, 2.45) is 17.4 Å². The van der Waals surface area contributed by atoms with Gasteiger partial charge in [0.05, 0.1) is 0 Å². The lowest BCUT2D eigenvalue weighted by atomic mass is 10.1. The average Bonchev–Trinajstić information content (AvgIpc) is 2.29. The van der Waals surface area contributed by atoms with E-state index in [0.717, 1.165) is 18.1 Å². The van der Waals surface area contributed by atoms with Crippen LogP contribution in [0.1, 0.15) is 18.5 Å². The van der Waals surface area contributed by atoms with E-state index in [0.29, 0.717) is 5.92 Å². The lowest BCUT2D eigenvalue weighted by Gasteiger charge is -2.13. The summed E-state index contributed by atoms with van der Waals surface area (Å²) < 4.78 is 0. The molecule has 1 aromatic rings. The number of hydrogen-bond acceptors (Lipinski definition) is 3. The van der Waals surface area contributed by atoms with E-state index in [1.54, 1.807) is 0 Å². The van der Waals surface area contributed by atoms with Crippen LogP contribution in [0, 0.1) is 5.92 Å². The molecule has 84 valence electrons. The summed E-state index contributed by atoms with van der Waals surface area (Å²) >= 11 is 1.88. The molecule has 15 heavy (non-hydrogen) atoms. The first-order valence-electron chi connectivity index (χ1n) is 5.32. The second-order valence-electron chi connectivity index (χ2n) is 3.90. The van der Waals surface area contributed by atoms with E-state index in [4.69, 9.17) is 11.5 Å². The molecule has 0 radical (unpaired) electrons. The van der Waals surface area contributed by atoms with Crippen molar-refractivity contribution in [2.45, 2.75) is 13.0 Å². The Hall–Kier alpha value is -0.510. The molecule has 0 spiro atoms. The number of nitrogens with two attached hydrogens (primary N) is 2. The van der Waals surface area contributed by atoms with E-state index >= 15 is 0 Å². The quantitative estimate of drug-likeness (QED) is 0.777. The maximum absolute atomic E-state index is 6.07. The first-order valence-corrected chi connectivity index (χ1v) is 6.48. The molecule has 2 nitrogen and oxygen atoms in total. The molecule has 0 aliphatic carbocycles. The normalized spacial score (nSPS) is 14.9. The Morgan fingerprint density at radius 1 is 1.20 bits per heavy atom. The molecule has 0 fully saturated rings. The van der Waals surface area contributed by atoms with Gasteiger partial charge < -0.3 is 11.5 Å². The highest BCUT2D eigenvalue weighted by Crippen LogP contribution is 2.17. The molecule has 1 aromatic carbocycles. The van der Waals surface area contributed by atoms with Gasteiger partial charge in [-0.25, -0.2) is 0 Å². The Balaban J connectivity index is 2.28. The molecule has 4 N–H and O–H groups in total. The summed E-state index contributed by atoms with van der Waals surface area (Å²) in [7, 11) is 0. The SMILES string of the molecule is CC(CN)CSCC(N)c1ccccc1. The van der Waals surface area contributed by atoms with E-state index in [2.05, 4.69) is 19.1 Å². The van der Waals surface area contributed by atoms with E-state index in [9.17, 15) is 0 Å². The van der Waals surface area contributed by atoms with Crippen LogP contribution < -0.4 is 11.5 Å². The summed E-state index contributed by atoms with van der Waals surface area (Å²) in [4.78, 5) is 0. The molecule has 3 heteroatoms. The molecule has 0 saturated carbocycles. The first kappa shape index (κ1) is 12.6. The lowest BCUT2D eigenvalue weighted by Crippen LogP contribution is -2.16. The van der Waals surface area contributed by atoms with Crippen LogP contribution in [0.5, 0.6) is 0 Å². The molecule has 0 amide bonds. The van der Waals surface area contributed by atoms with E-state index < -0.39 is 0 Å². The number of thioether (sulfide) groups is 1. The van der Waals surface area contributed by atoms with Gasteiger partial charge in [0.2, 0.25) is 0 Å². The molecule has 0 saturated heterocycles. The predicted molar refractivity (Wildman–Crippen MR) is 68.9 cm³/mol. The standard InChI is InChI=1S/C12H20N2S/c1-10(7-13)8-15-9-12(14)11-5-3-2-4-6-11/h2-6,10,12H,7-9,13-14H2,1H3. The zero-order valence-corrected chi connectivity index (χ0v) is 10.0. The maximum atomic E-state index is 6.07. The molecule has 0 bridgehead atoms. The van der Waals surface area contributed by atoms with Crippen LogP contribution >= 0.6 is 11.8 Å². The minimum Gasteiger partial charge on any atom is -0.330 e. The van der Waals surface area contributed by atoms with Crippen molar-refractivity contribution in [3.63, 3.8) is 0 Å². The molecule has 2 atom stereocenters. The van der Waals surface area contributed by atoms with Crippen LogP contribution in [0.3, 0.4) is 0 Å². The van der Waals surface area contributed by atoms with E-state index in [1.165, 1.54) is 5.56 Å². The summed E-state index contributed by atoms with van der Waals surface area (Å²) in [5.74, 6) is 2.64. The second-order valence-corrected chi connectivity index (χ2v) is 4.97. The summed E-state index contributed by atoms with van der Waals surface area (Å²) in [5, 5.41) is 0.